The first-order valence-corrected chi connectivity index (χ1v) is 20.0. The van der Waals surface area contributed by atoms with Crippen LogP contribution in [-0.4, -0.2) is 117 Å². The van der Waals surface area contributed by atoms with Crippen molar-refractivity contribution in [2.75, 3.05) is 70.4 Å². The van der Waals surface area contributed by atoms with Crippen LogP contribution in [0.1, 0.15) is 63.1 Å². The lowest BCUT2D eigenvalue weighted by Gasteiger charge is -2.46. The fourth-order valence-corrected chi connectivity index (χ4v) is 9.72. The molecule has 53 heavy (non-hydrogen) atoms. The molecule has 2 saturated heterocycles. The summed E-state index contributed by atoms with van der Waals surface area (Å²) >= 11 is 0. The van der Waals surface area contributed by atoms with Crippen molar-refractivity contribution in [1.82, 2.24) is 24.6 Å². The number of fused-ring (bicyclic) bond motifs is 1. The van der Waals surface area contributed by atoms with Gasteiger partial charge in [0.1, 0.15) is 10.6 Å². The van der Waals surface area contributed by atoms with E-state index >= 15 is 9.59 Å². The average molecular weight is 744 g/mol. The third-order valence-corrected chi connectivity index (χ3v) is 12.3. The number of urea groups is 1. The zero-order valence-corrected chi connectivity index (χ0v) is 31.8. The number of piperidine rings is 1. The molecule has 0 N–H and O–H groups in total. The largest absolute Gasteiger partial charge is 0.495 e. The Bertz CT molecular complexity index is 1950. The van der Waals surface area contributed by atoms with Crippen LogP contribution in [0.25, 0.3) is 0 Å². The van der Waals surface area contributed by atoms with Gasteiger partial charge in [0.05, 0.1) is 36.6 Å². The second-order valence-corrected chi connectivity index (χ2v) is 15.4. The number of nitriles is 1. The Morgan fingerprint density at radius 2 is 1.72 bits per heavy atom. The van der Waals surface area contributed by atoms with Gasteiger partial charge >= 0.3 is 6.03 Å². The molecule has 6 rings (SSSR count). The maximum absolute atomic E-state index is 15.6. The number of rotatable bonds is 12. The number of sulfonamides is 1. The minimum absolute atomic E-state index is 0.0272. The molecule has 0 saturated carbocycles. The Morgan fingerprint density at radius 1 is 0.981 bits per heavy atom. The normalized spacial score (nSPS) is 19.9. The summed E-state index contributed by atoms with van der Waals surface area (Å²) in [7, 11) is -3.28. The minimum atomic E-state index is -4.64. The quantitative estimate of drug-likeness (QED) is 0.257. The lowest BCUT2D eigenvalue weighted by molar-refractivity contribution is -0.125. The highest BCUT2D eigenvalue weighted by molar-refractivity contribution is 7.93. The number of ether oxygens (including phenoxy) is 2. The van der Waals surface area contributed by atoms with E-state index < -0.39 is 27.5 Å². The fourth-order valence-electron chi connectivity index (χ4n) is 8.10. The summed E-state index contributed by atoms with van der Waals surface area (Å²) in [6.45, 7) is 11.7. The molecule has 14 heteroatoms. The maximum atomic E-state index is 15.6. The molecule has 1 unspecified atom stereocenters. The van der Waals surface area contributed by atoms with Gasteiger partial charge in [0.15, 0.2) is 5.54 Å². The van der Waals surface area contributed by atoms with Gasteiger partial charge in [-0.1, -0.05) is 26.0 Å². The molecular formula is C39H49N7O6S. The van der Waals surface area contributed by atoms with Gasteiger partial charge in [-0.25, -0.2) is 18.2 Å². The Labute approximate surface area is 312 Å². The molecule has 2 aromatic carbocycles. The standard InChI is InChI=1S/C39H49N7O6S/c1-5-19-42-21-16-30(17-22-42)43-23-25-44(26-24-43)38(48)45(20-6-2)39(31-11-10-18-41-36(31)52-7-3)32-27-29(28-40)14-15-33(32)46(37(39)47)53(49,50)35-13-9-8-12-34(35)51-4/h8-15,18,27,30H,5-7,16-17,19-26H2,1-4H3. The molecule has 0 bridgehead atoms. The summed E-state index contributed by atoms with van der Waals surface area (Å²) in [6.07, 6.45) is 5.29. The summed E-state index contributed by atoms with van der Waals surface area (Å²) in [6, 6.07) is 16.0. The predicted molar refractivity (Wildman–Crippen MR) is 200 cm³/mol. The van der Waals surface area contributed by atoms with E-state index in [9.17, 15) is 13.7 Å². The molecule has 1 aromatic heterocycles. The Morgan fingerprint density at radius 3 is 2.38 bits per heavy atom. The first-order valence-electron chi connectivity index (χ1n) is 18.6. The molecule has 0 aliphatic carbocycles. The van der Waals surface area contributed by atoms with Gasteiger partial charge in [0.25, 0.3) is 15.9 Å². The number of anilines is 1. The number of carbonyl (C=O) groups excluding carboxylic acids is 2. The van der Waals surface area contributed by atoms with Crippen LogP contribution in [0.4, 0.5) is 10.5 Å². The van der Waals surface area contributed by atoms with Crippen molar-refractivity contribution in [3.05, 3.63) is 77.5 Å². The van der Waals surface area contributed by atoms with Crippen LogP contribution in [0.15, 0.2) is 65.7 Å². The number of benzene rings is 2. The number of hydrogen-bond donors (Lipinski definition) is 0. The van der Waals surface area contributed by atoms with E-state index in [1.165, 1.54) is 48.5 Å². The number of piperazine rings is 1. The van der Waals surface area contributed by atoms with Crippen molar-refractivity contribution in [1.29, 1.82) is 5.26 Å². The smallest absolute Gasteiger partial charge is 0.321 e. The van der Waals surface area contributed by atoms with Gasteiger partial charge in [0.2, 0.25) is 5.88 Å². The van der Waals surface area contributed by atoms with E-state index in [0.717, 1.165) is 43.2 Å². The van der Waals surface area contributed by atoms with E-state index in [1.807, 2.05) is 6.92 Å². The minimum Gasteiger partial charge on any atom is -0.495 e. The zero-order chi connectivity index (χ0) is 37.8. The van der Waals surface area contributed by atoms with Gasteiger partial charge in [-0.05, 0) is 94.7 Å². The summed E-state index contributed by atoms with van der Waals surface area (Å²) < 4.78 is 41.7. The van der Waals surface area contributed by atoms with Crippen LogP contribution >= 0.6 is 0 Å². The molecule has 0 radical (unpaired) electrons. The van der Waals surface area contributed by atoms with E-state index in [2.05, 4.69) is 27.8 Å². The molecule has 0 spiro atoms. The van der Waals surface area contributed by atoms with Crippen LogP contribution in [0.3, 0.4) is 0 Å². The van der Waals surface area contributed by atoms with E-state index in [-0.39, 0.29) is 52.1 Å². The van der Waals surface area contributed by atoms with Gasteiger partial charge in [0, 0.05) is 50.5 Å². The van der Waals surface area contributed by atoms with Crippen LogP contribution in [0.2, 0.25) is 0 Å². The fraction of sp³-hybridized carbons (Fsp3) is 0.487. The molecule has 282 valence electrons. The number of pyridine rings is 1. The summed E-state index contributed by atoms with van der Waals surface area (Å²) in [5.74, 6) is -0.761. The van der Waals surface area contributed by atoms with E-state index in [0.29, 0.717) is 38.6 Å². The second kappa shape index (κ2) is 16.1. The van der Waals surface area contributed by atoms with Gasteiger partial charge < -0.3 is 24.2 Å². The molecular weight excluding hydrogens is 695 g/mol. The van der Waals surface area contributed by atoms with Gasteiger partial charge in [-0.15, -0.1) is 0 Å². The van der Waals surface area contributed by atoms with Crippen molar-refractivity contribution in [2.45, 2.75) is 62.9 Å². The van der Waals surface area contributed by atoms with Crippen molar-refractivity contribution in [3.63, 3.8) is 0 Å². The molecule has 2 fully saturated rings. The Hall–Kier alpha value is -4.71. The topological polar surface area (TPSA) is 140 Å². The number of likely N-dealkylation sites (tertiary alicyclic amines) is 1. The predicted octanol–water partition coefficient (Wildman–Crippen LogP) is 4.66. The number of amides is 3. The lowest BCUT2D eigenvalue weighted by atomic mass is 9.81. The molecule has 3 aromatic rings. The van der Waals surface area contributed by atoms with Gasteiger partial charge in [-0.3, -0.25) is 9.69 Å². The Kier molecular flexibility index (Phi) is 11.6. The lowest BCUT2D eigenvalue weighted by Crippen LogP contribution is -2.62. The number of hydrogen-bond acceptors (Lipinski definition) is 10. The highest BCUT2D eigenvalue weighted by Gasteiger charge is 2.62. The molecule has 3 aliphatic rings. The van der Waals surface area contributed by atoms with E-state index in [4.69, 9.17) is 9.47 Å². The molecule has 3 amide bonds. The van der Waals surface area contributed by atoms with E-state index in [1.54, 1.807) is 36.1 Å². The maximum Gasteiger partial charge on any atom is 0.321 e. The zero-order valence-electron chi connectivity index (χ0n) is 31.0. The SMILES string of the molecule is CCCN1CCC(N2CCN(C(=O)N(CCC)C3(c4cccnc4OCC)C(=O)N(S(=O)(=O)c4ccccc4OC)c4ccc(C#N)cc43)CC2)CC1. The van der Waals surface area contributed by atoms with Crippen molar-refractivity contribution in [2.24, 2.45) is 0 Å². The van der Waals surface area contributed by atoms with Crippen LogP contribution in [0.5, 0.6) is 11.6 Å². The average Bonchev–Trinajstić information content (AvgIpc) is 3.45. The van der Waals surface area contributed by atoms with Crippen LogP contribution in [0, 0.1) is 11.3 Å². The molecule has 4 heterocycles. The number of nitrogens with zero attached hydrogens (tertiary/aromatic N) is 7. The number of carbonyl (C=O) groups is 2. The summed E-state index contributed by atoms with van der Waals surface area (Å²) in [5.41, 5.74) is -1.46. The Balaban J connectivity index is 1.47. The molecule has 1 atom stereocenters. The highest BCUT2D eigenvalue weighted by Crippen LogP contribution is 2.53. The highest BCUT2D eigenvalue weighted by atomic mass is 32.2. The first-order chi connectivity index (χ1) is 25.7. The van der Waals surface area contributed by atoms with Crippen molar-refractivity contribution >= 4 is 27.6 Å². The number of para-hydroxylation sites is 1. The molecule has 13 nitrogen and oxygen atoms in total. The number of aromatic nitrogens is 1. The third-order valence-electron chi connectivity index (χ3n) is 10.5. The second-order valence-electron chi connectivity index (χ2n) is 13.6. The van der Waals surface area contributed by atoms with Crippen LogP contribution < -0.4 is 13.8 Å². The van der Waals surface area contributed by atoms with Crippen molar-refractivity contribution in [3.8, 4) is 17.7 Å². The third kappa shape index (κ3) is 6.82. The van der Waals surface area contributed by atoms with Gasteiger partial charge in [-0.2, -0.15) is 9.57 Å². The summed E-state index contributed by atoms with van der Waals surface area (Å²) in [4.78, 5) is 43.2. The number of methoxy groups -OCH3 is 1. The first kappa shape index (κ1) is 38.0. The monoisotopic (exact) mass is 743 g/mol. The van der Waals surface area contributed by atoms with Crippen molar-refractivity contribution < 1.29 is 27.5 Å². The summed E-state index contributed by atoms with van der Waals surface area (Å²) in [5, 5.41) is 10.1. The molecule has 3 aliphatic heterocycles. The van der Waals surface area contributed by atoms with Crippen LogP contribution in [-0.2, 0) is 20.4 Å².